The molecule has 420 valence electrons. The number of carbonyl (C=O) groups excluding carboxylic acids is 9. The first-order chi connectivity index (χ1) is 36.4. The number of nitrogens with one attached hydrogen (secondary N) is 7. The number of benzene rings is 1. The Morgan fingerprint density at radius 3 is 2.34 bits per heavy atom. The molecule has 1 aromatic carbocycles. The van der Waals surface area contributed by atoms with Crippen LogP contribution in [0, 0.1) is 30.0 Å². The van der Waals surface area contributed by atoms with Gasteiger partial charge in [-0.25, -0.2) is 14.0 Å². The molecule has 77 heavy (non-hydrogen) atoms. The average Bonchev–Trinajstić information content (AvgIpc) is 3.96. The summed E-state index contributed by atoms with van der Waals surface area (Å²) in [6.07, 6.45) is -3.41. The summed E-state index contributed by atoms with van der Waals surface area (Å²) >= 11 is 0. The largest absolute Gasteiger partial charge is 0.458 e. The predicted molar refractivity (Wildman–Crippen MR) is 270 cm³/mol. The molecule has 0 aromatic heterocycles. The fraction of sp³-hybridized carbons (Fsp3) is 0.569. The number of nitrogens with two attached hydrogens (primary N) is 3. The van der Waals surface area contributed by atoms with Gasteiger partial charge >= 0.3 is 12.0 Å². The molecule has 1 aromatic rings. The van der Waals surface area contributed by atoms with Gasteiger partial charge in [-0.1, -0.05) is 26.8 Å². The molecule has 6 rings (SSSR count). The fourth-order valence-electron chi connectivity index (χ4n) is 10.2. The van der Waals surface area contributed by atoms with Gasteiger partial charge in [0, 0.05) is 30.7 Å². The standard InChI is InChI=1S/C51H69FN10O15/c1-5-51(74)30-16-26-27(43(66)29(30)19-76-49(51)72)15-28(41(26)55)40-25-8-10-31(52)23(4)24(25)9-12-33(40)60-39(65)20-75-21-59-47(70)34(7-6-14-57-50(56)73)61-48(71)42(22(2)3)62-46(69)32(53)11-13-38(64)58-18-36-45(68)44(67)35(77-36)17-37(54)63/h8,10,16,22,27,32-36,42,44-45,55,67-68,74H,5-7,9,11-15,17-21,53H2,1-4H3,(H2,54,63)(H,58,64)(H,59,70)(H,60,65)(H,61,71)(H,62,69)(H3,56,57,73)/b40-28+,55-41?/t27?,32-,33-,34-,35-,36+,42-,44-,45+,51-/m0/s1. The molecule has 8 amide bonds. The topological polar surface area (TPSA) is 416 Å². The molecule has 1 unspecified atom stereocenters. The van der Waals surface area contributed by atoms with Crippen LogP contribution in [0.3, 0.4) is 0 Å². The number of hydrogen-bond donors (Lipinski definition) is 13. The normalized spacial score (nSPS) is 25.8. The van der Waals surface area contributed by atoms with Crippen LogP contribution in [0.5, 0.6) is 0 Å². The number of allylic oxidation sites excluding steroid dienone is 2. The summed E-state index contributed by atoms with van der Waals surface area (Å²) in [4.78, 5) is 116. The quantitative estimate of drug-likeness (QED) is 0.0309. The number of aliphatic hydroxyl groups excluding tert-OH is 2. The monoisotopic (exact) mass is 1080 g/mol. The number of urea groups is 1. The zero-order chi connectivity index (χ0) is 56.6. The summed E-state index contributed by atoms with van der Waals surface area (Å²) in [6, 6.07) is -2.47. The number of esters is 1. The van der Waals surface area contributed by atoms with E-state index in [1.165, 1.54) is 12.1 Å². The molecule has 2 heterocycles. The molecule has 26 heteroatoms. The molecule has 10 atom stereocenters. The van der Waals surface area contributed by atoms with Crippen molar-refractivity contribution in [2.75, 3.05) is 33.0 Å². The Kier molecular flexibility index (Phi) is 19.6. The number of fused-ring (bicyclic) bond motifs is 2. The Balaban J connectivity index is 1.05. The summed E-state index contributed by atoms with van der Waals surface area (Å²) in [7, 11) is 0. The van der Waals surface area contributed by atoms with Crippen molar-refractivity contribution in [2.24, 2.45) is 29.0 Å². The van der Waals surface area contributed by atoms with Gasteiger partial charge in [0.25, 0.3) is 0 Å². The van der Waals surface area contributed by atoms with Crippen LogP contribution in [0.1, 0.15) is 88.8 Å². The van der Waals surface area contributed by atoms with Crippen molar-refractivity contribution in [1.29, 1.82) is 5.41 Å². The van der Waals surface area contributed by atoms with Gasteiger partial charge in [0.05, 0.1) is 36.2 Å². The molecular formula is C51H69FN10O15. The second kappa shape index (κ2) is 25.5. The number of aliphatic hydroxyl groups is 3. The smallest absolute Gasteiger partial charge is 0.343 e. The van der Waals surface area contributed by atoms with Crippen LogP contribution in [0.15, 0.2) is 40.5 Å². The summed E-state index contributed by atoms with van der Waals surface area (Å²) in [5, 5.41) is 56.6. The van der Waals surface area contributed by atoms with Gasteiger partial charge in [-0.2, -0.15) is 0 Å². The number of Topliss-reactive ketones (excluding diaryl/α,β-unsaturated/α-hetero) is 1. The lowest BCUT2D eigenvalue weighted by Gasteiger charge is -2.35. The van der Waals surface area contributed by atoms with Crippen molar-refractivity contribution < 1.29 is 77.1 Å². The van der Waals surface area contributed by atoms with Gasteiger partial charge in [-0.3, -0.25) is 33.6 Å². The Morgan fingerprint density at radius 2 is 1.66 bits per heavy atom. The highest BCUT2D eigenvalue weighted by Crippen LogP contribution is 2.48. The van der Waals surface area contributed by atoms with Gasteiger partial charge in [0.15, 0.2) is 11.4 Å². The van der Waals surface area contributed by atoms with E-state index in [1.54, 1.807) is 33.8 Å². The molecule has 1 saturated heterocycles. The molecule has 0 radical (unpaired) electrons. The van der Waals surface area contributed by atoms with Crippen molar-refractivity contribution in [2.45, 2.75) is 140 Å². The third kappa shape index (κ3) is 13.6. The fourth-order valence-corrected chi connectivity index (χ4v) is 10.2. The number of cyclic esters (lactones) is 1. The Hall–Kier alpha value is -6.97. The van der Waals surface area contributed by atoms with Crippen molar-refractivity contribution in [3.8, 4) is 0 Å². The maximum Gasteiger partial charge on any atom is 0.343 e. The van der Waals surface area contributed by atoms with E-state index in [-0.39, 0.29) is 87.9 Å². The Bertz CT molecular complexity index is 2660. The molecule has 16 N–H and O–H groups in total. The zero-order valence-corrected chi connectivity index (χ0v) is 43.3. The lowest BCUT2D eigenvalue weighted by atomic mass is 9.75. The van der Waals surface area contributed by atoms with Gasteiger partial charge in [0.1, 0.15) is 56.2 Å². The van der Waals surface area contributed by atoms with Crippen molar-refractivity contribution >= 4 is 64.5 Å². The molecule has 2 aliphatic heterocycles. The van der Waals surface area contributed by atoms with Crippen LogP contribution < -0.4 is 49.1 Å². The lowest BCUT2D eigenvalue weighted by molar-refractivity contribution is -0.163. The van der Waals surface area contributed by atoms with E-state index in [4.69, 9.17) is 31.4 Å². The summed E-state index contributed by atoms with van der Waals surface area (Å²) in [5.41, 5.74) is 17.4. The van der Waals surface area contributed by atoms with E-state index in [0.717, 1.165) is 0 Å². The first kappa shape index (κ1) is 59.3. The minimum absolute atomic E-state index is 0.0249. The van der Waals surface area contributed by atoms with Gasteiger partial charge in [0.2, 0.25) is 35.4 Å². The molecule has 25 nitrogen and oxygen atoms in total. The first-order valence-electron chi connectivity index (χ1n) is 25.5. The number of hydrogen-bond acceptors (Lipinski definition) is 17. The Morgan fingerprint density at radius 1 is 0.948 bits per heavy atom. The average molecular weight is 1080 g/mol. The lowest BCUT2D eigenvalue weighted by Crippen LogP contribution is -2.57. The van der Waals surface area contributed by atoms with E-state index in [0.29, 0.717) is 39.8 Å². The summed E-state index contributed by atoms with van der Waals surface area (Å²) in [6.45, 7) is 4.85. The van der Waals surface area contributed by atoms with Gasteiger partial charge < -0.3 is 84.0 Å². The maximum atomic E-state index is 14.9. The second-order valence-electron chi connectivity index (χ2n) is 20.1. The summed E-state index contributed by atoms with van der Waals surface area (Å²) in [5.74, 6) is -7.38. The molecule has 5 aliphatic rings. The second-order valence-corrected chi connectivity index (χ2v) is 20.1. The highest BCUT2D eigenvalue weighted by molar-refractivity contribution is 6.24. The third-order valence-corrected chi connectivity index (χ3v) is 14.6. The first-order valence-corrected chi connectivity index (χ1v) is 25.5. The number of carbonyl (C=O) groups is 9. The van der Waals surface area contributed by atoms with Crippen molar-refractivity contribution in [1.82, 2.24) is 31.9 Å². The van der Waals surface area contributed by atoms with Crippen LogP contribution in [0.25, 0.3) is 5.57 Å². The van der Waals surface area contributed by atoms with E-state index in [1.807, 2.05) is 0 Å². The van der Waals surface area contributed by atoms with Crippen molar-refractivity contribution in [3.05, 3.63) is 63.0 Å². The third-order valence-electron chi connectivity index (χ3n) is 14.6. The van der Waals surface area contributed by atoms with Gasteiger partial charge in [-0.05, 0) is 103 Å². The highest BCUT2D eigenvalue weighted by atomic mass is 19.1. The van der Waals surface area contributed by atoms with E-state index >= 15 is 0 Å². The minimum atomic E-state index is -2.08. The van der Waals surface area contributed by atoms with E-state index < -0.39 is 138 Å². The van der Waals surface area contributed by atoms with Gasteiger partial charge in [-0.15, -0.1) is 0 Å². The molecule has 0 spiro atoms. The number of ether oxygens (including phenoxy) is 3. The van der Waals surface area contributed by atoms with Crippen LogP contribution >= 0.6 is 0 Å². The van der Waals surface area contributed by atoms with E-state index in [2.05, 4.69) is 31.9 Å². The number of ketones is 1. The summed E-state index contributed by atoms with van der Waals surface area (Å²) < 4.78 is 31.1. The number of primary amides is 2. The molecule has 0 bridgehead atoms. The van der Waals surface area contributed by atoms with Crippen LogP contribution in [0.4, 0.5) is 9.18 Å². The number of rotatable bonds is 23. The number of amides is 8. The maximum absolute atomic E-state index is 14.9. The minimum Gasteiger partial charge on any atom is -0.458 e. The highest BCUT2D eigenvalue weighted by Gasteiger charge is 2.51. The molecule has 2 fully saturated rings. The molecular weight excluding hydrogens is 1010 g/mol. The predicted octanol–water partition coefficient (Wildman–Crippen LogP) is -2.39. The zero-order valence-electron chi connectivity index (χ0n) is 43.3. The van der Waals surface area contributed by atoms with Crippen molar-refractivity contribution in [3.63, 3.8) is 0 Å². The number of halogens is 1. The van der Waals surface area contributed by atoms with Crippen LogP contribution in [-0.2, 0) is 59.0 Å². The van der Waals surface area contributed by atoms with Crippen LogP contribution in [0.2, 0.25) is 0 Å². The SMILES string of the molecule is CC[C@@]1(O)C(=O)OCC2=C1C=C1C(=N)/C(=C3\c4ccc(F)c(C)c4CC[C@@H]3NC(=O)COCNC(=O)[C@H](CCCNC(N)=O)NC(=O)[C@@H](NC(=O)[C@@H](N)CCC(=O)NC[C@H]3O[C@@H](CC(N)=O)[C@H](O)[C@@H]3O)C(C)C)CC1C2=O. The Labute approximate surface area is 442 Å². The molecule has 3 aliphatic carbocycles. The van der Waals surface area contributed by atoms with Crippen LogP contribution in [-0.4, -0.2) is 161 Å². The van der Waals surface area contributed by atoms with E-state index in [9.17, 15) is 68.3 Å². The molecule has 1 saturated carbocycles.